The number of nitrogens with one attached hydrogen (secondary N) is 1. The first kappa shape index (κ1) is 11.7. The average Bonchev–Trinajstić information content (AvgIpc) is 2.42. The maximum atomic E-state index is 11.2. The number of carbonyl (C=O) groups is 2. The normalized spacial score (nSPS) is 10.1. The summed E-state index contributed by atoms with van der Waals surface area (Å²) < 4.78 is 0. The van der Waals surface area contributed by atoms with Crippen LogP contribution in [0.15, 0.2) is 0 Å². The van der Waals surface area contributed by atoms with Crippen molar-refractivity contribution in [3.05, 3.63) is 16.0 Å². The van der Waals surface area contributed by atoms with Crippen LogP contribution < -0.4 is 5.32 Å². The SMILES string of the molecule is CCC(=O)Nc1sc(C)c(C)c1C(=O)O. The summed E-state index contributed by atoms with van der Waals surface area (Å²) in [6.45, 7) is 5.31. The van der Waals surface area contributed by atoms with Gasteiger partial charge in [-0.05, 0) is 19.4 Å². The van der Waals surface area contributed by atoms with Gasteiger partial charge in [0.05, 0.1) is 5.56 Å². The fraction of sp³-hybridized carbons (Fsp3) is 0.400. The lowest BCUT2D eigenvalue weighted by Crippen LogP contribution is -2.11. The van der Waals surface area contributed by atoms with Gasteiger partial charge in [0.2, 0.25) is 5.91 Å². The number of thiophene rings is 1. The van der Waals surface area contributed by atoms with Crippen molar-refractivity contribution >= 4 is 28.2 Å². The molecule has 0 saturated carbocycles. The van der Waals surface area contributed by atoms with Crippen molar-refractivity contribution in [2.75, 3.05) is 5.32 Å². The third kappa shape index (κ3) is 2.36. The van der Waals surface area contributed by atoms with E-state index in [2.05, 4.69) is 5.32 Å². The molecule has 4 nitrogen and oxygen atoms in total. The zero-order valence-corrected chi connectivity index (χ0v) is 9.70. The van der Waals surface area contributed by atoms with Gasteiger partial charge in [0.15, 0.2) is 0 Å². The van der Waals surface area contributed by atoms with Crippen LogP contribution in [0.25, 0.3) is 0 Å². The molecule has 1 aromatic heterocycles. The zero-order valence-electron chi connectivity index (χ0n) is 8.88. The molecule has 1 rings (SSSR count). The third-order valence-electron chi connectivity index (χ3n) is 2.17. The second-order valence-corrected chi connectivity index (χ2v) is 4.42. The first-order valence-corrected chi connectivity index (χ1v) is 5.42. The molecule has 0 fully saturated rings. The molecule has 1 heterocycles. The molecule has 0 aliphatic rings. The molecule has 0 aliphatic heterocycles. The quantitative estimate of drug-likeness (QED) is 0.833. The molecule has 2 N–H and O–H groups in total. The molecule has 0 bridgehead atoms. The summed E-state index contributed by atoms with van der Waals surface area (Å²) >= 11 is 1.30. The molecule has 1 amide bonds. The molecular formula is C10H13NO3S. The molecule has 82 valence electrons. The van der Waals surface area contributed by atoms with Gasteiger partial charge in [-0.1, -0.05) is 6.92 Å². The number of carboxylic acids is 1. The molecule has 0 saturated heterocycles. The van der Waals surface area contributed by atoms with E-state index in [0.29, 0.717) is 11.4 Å². The van der Waals surface area contributed by atoms with Gasteiger partial charge in [0, 0.05) is 11.3 Å². The van der Waals surface area contributed by atoms with Crippen LogP contribution in [-0.2, 0) is 4.79 Å². The van der Waals surface area contributed by atoms with Crippen molar-refractivity contribution in [1.82, 2.24) is 0 Å². The van der Waals surface area contributed by atoms with E-state index < -0.39 is 5.97 Å². The van der Waals surface area contributed by atoms with Gasteiger partial charge < -0.3 is 10.4 Å². The van der Waals surface area contributed by atoms with Crippen LogP contribution in [0, 0.1) is 13.8 Å². The Balaban J connectivity index is 3.12. The molecular weight excluding hydrogens is 214 g/mol. The second kappa shape index (κ2) is 4.44. The zero-order chi connectivity index (χ0) is 11.6. The lowest BCUT2D eigenvalue weighted by atomic mass is 10.1. The van der Waals surface area contributed by atoms with Gasteiger partial charge in [0.1, 0.15) is 5.00 Å². The summed E-state index contributed by atoms with van der Waals surface area (Å²) in [5, 5.41) is 12.0. The first-order chi connectivity index (χ1) is 6.97. The van der Waals surface area contributed by atoms with E-state index in [-0.39, 0.29) is 11.5 Å². The number of aromatic carboxylic acids is 1. The Labute approximate surface area is 91.9 Å². The Kier molecular flexibility index (Phi) is 3.47. The number of rotatable bonds is 3. The molecule has 0 aliphatic carbocycles. The Morgan fingerprint density at radius 3 is 2.47 bits per heavy atom. The van der Waals surface area contributed by atoms with Crippen LogP contribution in [0.2, 0.25) is 0 Å². The summed E-state index contributed by atoms with van der Waals surface area (Å²) in [6, 6.07) is 0. The van der Waals surface area contributed by atoms with Crippen LogP contribution in [0.5, 0.6) is 0 Å². The number of carboxylic acid groups (broad SMARTS) is 1. The Bertz CT molecular complexity index is 409. The van der Waals surface area contributed by atoms with E-state index in [1.807, 2.05) is 6.92 Å². The summed E-state index contributed by atoms with van der Waals surface area (Å²) in [6.07, 6.45) is 0.342. The van der Waals surface area contributed by atoms with E-state index in [4.69, 9.17) is 5.11 Å². The lowest BCUT2D eigenvalue weighted by Gasteiger charge is -2.01. The van der Waals surface area contributed by atoms with E-state index >= 15 is 0 Å². The maximum absolute atomic E-state index is 11.2. The van der Waals surface area contributed by atoms with E-state index in [0.717, 1.165) is 10.4 Å². The standard InChI is InChI=1S/C10H13NO3S/c1-4-7(12)11-9-8(10(13)14)5(2)6(3)15-9/h4H2,1-3H3,(H,11,12)(H,13,14). The van der Waals surface area contributed by atoms with Crippen molar-refractivity contribution < 1.29 is 14.7 Å². The largest absolute Gasteiger partial charge is 0.478 e. The Morgan fingerprint density at radius 1 is 1.40 bits per heavy atom. The van der Waals surface area contributed by atoms with Crippen molar-refractivity contribution in [3.8, 4) is 0 Å². The molecule has 5 heteroatoms. The van der Waals surface area contributed by atoms with Crippen LogP contribution in [0.3, 0.4) is 0 Å². The number of hydrogen-bond acceptors (Lipinski definition) is 3. The minimum atomic E-state index is -0.997. The lowest BCUT2D eigenvalue weighted by molar-refractivity contribution is -0.115. The topological polar surface area (TPSA) is 66.4 Å². The van der Waals surface area contributed by atoms with E-state index in [1.165, 1.54) is 11.3 Å². The number of carbonyl (C=O) groups excluding carboxylic acids is 1. The van der Waals surface area contributed by atoms with Gasteiger partial charge >= 0.3 is 5.97 Å². The maximum Gasteiger partial charge on any atom is 0.338 e. The predicted molar refractivity (Wildman–Crippen MR) is 59.7 cm³/mol. The predicted octanol–water partition coefficient (Wildman–Crippen LogP) is 2.41. The molecule has 0 atom stereocenters. The number of anilines is 1. The molecule has 0 unspecified atom stereocenters. The highest BCUT2D eigenvalue weighted by molar-refractivity contribution is 7.16. The minimum absolute atomic E-state index is 0.168. The smallest absolute Gasteiger partial charge is 0.338 e. The van der Waals surface area contributed by atoms with Gasteiger partial charge in [-0.25, -0.2) is 4.79 Å². The highest BCUT2D eigenvalue weighted by Crippen LogP contribution is 2.32. The summed E-state index contributed by atoms with van der Waals surface area (Å²) in [5.74, 6) is -1.16. The summed E-state index contributed by atoms with van der Waals surface area (Å²) in [7, 11) is 0. The third-order valence-corrected chi connectivity index (χ3v) is 3.30. The van der Waals surface area contributed by atoms with Crippen molar-refractivity contribution in [2.24, 2.45) is 0 Å². The second-order valence-electron chi connectivity index (χ2n) is 3.19. The van der Waals surface area contributed by atoms with Crippen LogP contribution in [0.1, 0.15) is 34.1 Å². The van der Waals surface area contributed by atoms with Crippen molar-refractivity contribution in [1.29, 1.82) is 0 Å². The average molecular weight is 227 g/mol. The van der Waals surface area contributed by atoms with Crippen LogP contribution in [0.4, 0.5) is 5.00 Å². The van der Waals surface area contributed by atoms with Gasteiger partial charge in [-0.3, -0.25) is 4.79 Å². The monoisotopic (exact) mass is 227 g/mol. The number of amides is 1. The fourth-order valence-corrected chi connectivity index (χ4v) is 2.26. The summed E-state index contributed by atoms with van der Waals surface area (Å²) in [5.41, 5.74) is 0.929. The molecule has 15 heavy (non-hydrogen) atoms. The van der Waals surface area contributed by atoms with Gasteiger partial charge in [0.25, 0.3) is 0 Å². The van der Waals surface area contributed by atoms with Crippen LogP contribution in [-0.4, -0.2) is 17.0 Å². The minimum Gasteiger partial charge on any atom is -0.478 e. The molecule has 0 aromatic carbocycles. The summed E-state index contributed by atoms with van der Waals surface area (Å²) in [4.78, 5) is 23.1. The Hall–Kier alpha value is -1.36. The van der Waals surface area contributed by atoms with E-state index in [1.54, 1.807) is 13.8 Å². The highest BCUT2D eigenvalue weighted by Gasteiger charge is 2.19. The molecule has 0 spiro atoms. The van der Waals surface area contributed by atoms with Crippen molar-refractivity contribution in [2.45, 2.75) is 27.2 Å². The number of hydrogen-bond donors (Lipinski definition) is 2. The van der Waals surface area contributed by atoms with Gasteiger partial charge in [-0.15, -0.1) is 11.3 Å². The Morgan fingerprint density at radius 2 is 2.00 bits per heavy atom. The molecule has 0 radical (unpaired) electrons. The first-order valence-electron chi connectivity index (χ1n) is 4.60. The van der Waals surface area contributed by atoms with E-state index in [9.17, 15) is 9.59 Å². The molecule has 1 aromatic rings. The van der Waals surface area contributed by atoms with Crippen molar-refractivity contribution in [3.63, 3.8) is 0 Å². The fourth-order valence-electron chi connectivity index (χ4n) is 1.19. The highest BCUT2D eigenvalue weighted by atomic mass is 32.1. The van der Waals surface area contributed by atoms with Gasteiger partial charge in [-0.2, -0.15) is 0 Å². The van der Waals surface area contributed by atoms with Crippen LogP contribution >= 0.6 is 11.3 Å². The number of aryl methyl sites for hydroxylation is 1.